The van der Waals surface area contributed by atoms with Gasteiger partial charge in [-0.25, -0.2) is 4.79 Å². The normalized spacial score (nSPS) is 17.0. The van der Waals surface area contributed by atoms with E-state index in [1.165, 1.54) is 5.57 Å². The van der Waals surface area contributed by atoms with Gasteiger partial charge in [0.1, 0.15) is 0 Å². The van der Waals surface area contributed by atoms with Crippen LogP contribution in [0.1, 0.15) is 30.1 Å². The van der Waals surface area contributed by atoms with Crippen molar-refractivity contribution < 1.29 is 9.90 Å². The first-order valence-corrected chi connectivity index (χ1v) is 5.48. The molecule has 0 bridgehead atoms. The highest BCUT2D eigenvalue weighted by molar-refractivity contribution is 5.98. The summed E-state index contributed by atoms with van der Waals surface area (Å²) in [6.45, 7) is 2.09. The van der Waals surface area contributed by atoms with Crippen molar-refractivity contribution in [3.05, 3.63) is 41.5 Å². The lowest BCUT2D eigenvalue weighted by Gasteiger charge is -2.01. The summed E-state index contributed by atoms with van der Waals surface area (Å²) in [4.78, 5) is 10.7. The average Bonchev–Trinajstić information content (AvgIpc) is 2.73. The first-order valence-electron chi connectivity index (χ1n) is 5.48. The minimum Gasteiger partial charge on any atom is -0.478 e. The van der Waals surface area contributed by atoms with Crippen LogP contribution < -0.4 is 5.43 Å². The molecule has 0 unspecified atom stereocenters. The first-order chi connectivity index (χ1) is 8.15. The van der Waals surface area contributed by atoms with E-state index in [4.69, 9.17) is 5.11 Å². The number of hydrogen-bond acceptors (Lipinski definition) is 3. The molecule has 0 heterocycles. The van der Waals surface area contributed by atoms with Crippen LogP contribution in [-0.2, 0) is 0 Å². The highest BCUT2D eigenvalue weighted by Crippen LogP contribution is 2.16. The molecule has 0 atom stereocenters. The zero-order valence-electron chi connectivity index (χ0n) is 9.60. The van der Waals surface area contributed by atoms with Gasteiger partial charge < -0.3 is 5.11 Å². The van der Waals surface area contributed by atoms with Gasteiger partial charge in [-0.1, -0.05) is 5.57 Å². The fraction of sp³-hybridized carbons (Fsp3) is 0.231. The van der Waals surface area contributed by atoms with Crippen LogP contribution in [-0.4, -0.2) is 16.8 Å². The topological polar surface area (TPSA) is 61.7 Å². The average molecular weight is 230 g/mol. The molecule has 0 aliphatic heterocycles. The largest absolute Gasteiger partial charge is 0.478 e. The molecule has 2 rings (SSSR count). The smallest absolute Gasteiger partial charge is 0.335 e. The van der Waals surface area contributed by atoms with E-state index >= 15 is 0 Å². The van der Waals surface area contributed by atoms with Crippen molar-refractivity contribution in [2.75, 3.05) is 5.43 Å². The standard InChI is InChI=1S/C13H14N2O2/c1-9-2-5-12(8-9)15-14-11-6-3-10(4-7-11)13(16)17/h3-4,6-8,14H,2,5H2,1H3,(H,16,17)/b15-12+. The van der Waals surface area contributed by atoms with Crippen LogP contribution in [0.3, 0.4) is 0 Å². The number of carboxylic acids is 1. The molecule has 4 heteroatoms. The van der Waals surface area contributed by atoms with Gasteiger partial charge in [0.05, 0.1) is 17.0 Å². The van der Waals surface area contributed by atoms with Gasteiger partial charge in [-0.15, -0.1) is 0 Å². The van der Waals surface area contributed by atoms with Crippen LogP contribution in [0.5, 0.6) is 0 Å². The number of aromatic carboxylic acids is 1. The minimum atomic E-state index is -0.919. The number of hydrogen-bond donors (Lipinski definition) is 2. The van der Waals surface area contributed by atoms with Gasteiger partial charge in [0, 0.05) is 0 Å². The molecule has 2 N–H and O–H groups in total. The van der Waals surface area contributed by atoms with Crippen molar-refractivity contribution in [2.24, 2.45) is 5.10 Å². The van der Waals surface area contributed by atoms with Gasteiger partial charge in [0.2, 0.25) is 0 Å². The SMILES string of the molecule is CC1=C/C(=N/Nc2ccc(C(=O)O)cc2)CC1. The number of rotatable bonds is 3. The van der Waals surface area contributed by atoms with Crippen molar-refractivity contribution in [1.82, 2.24) is 0 Å². The van der Waals surface area contributed by atoms with Crippen molar-refractivity contribution in [2.45, 2.75) is 19.8 Å². The van der Waals surface area contributed by atoms with Gasteiger partial charge >= 0.3 is 5.97 Å². The number of nitrogens with one attached hydrogen (secondary N) is 1. The van der Waals surface area contributed by atoms with E-state index in [0.717, 1.165) is 24.2 Å². The van der Waals surface area contributed by atoms with Crippen molar-refractivity contribution >= 4 is 17.4 Å². The third kappa shape index (κ3) is 2.93. The fourth-order valence-electron chi connectivity index (χ4n) is 1.67. The molecule has 17 heavy (non-hydrogen) atoms. The second-order valence-corrected chi connectivity index (χ2v) is 4.09. The van der Waals surface area contributed by atoms with Gasteiger partial charge in [-0.3, -0.25) is 5.43 Å². The maximum Gasteiger partial charge on any atom is 0.335 e. The molecule has 1 aromatic carbocycles. The number of carboxylic acid groups (broad SMARTS) is 1. The van der Waals surface area contributed by atoms with Gasteiger partial charge in [0.15, 0.2) is 0 Å². The number of carbonyl (C=O) groups is 1. The molecule has 4 nitrogen and oxygen atoms in total. The van der Waals surface area contributed by atoms with E-state index in [2.05, 4.69) is 23.5 Å². The molecule has 0 saturated carbocycles. The van der Waals surface area contributed by atoms with Crippen LogP contribution in [0.25, 0.3) is 0 Å². The second kappa shape index (κ2) is 4.82. The highest BCUT2D eigenvalue weighted by Gasteiger charge is 2.06. The van der Waals surface area contributed by atoms with Gasteiger partial charge in [-0.05, 0) is 50.1 Å². The maximum absolute atomic E-state index is 10.7. The summed E-state index contributed by atoms with van der Waals surface area (Å²) in [5.41, 5.74) is 6.37. The molecular formula is C13H14N2O2. The molecule has 0 saturated heterocycles. The lowest BCUT2D eigenvalue weighted by atomic mass is 10.2. The number of anilines is 1. The van der Waals surface area contributed by atoms with Crippen LogP contribution in [0.2, 0.25) is 0 Å². The van der Waals surface area contributed by atoms with E-state index in [-0.39, 0.29) is 5.56 Å². The lowest BCUT2D eigenvalue weighted by molar-refractivity contribution is 0.0697. The second-order valence-electron chi connectivity index (χ2n) is 4.09. The summed E-state index contributed by atoms with van der Waals surface area (Å²) < 4.78 is 0. The van der Waals surface area contributed by atoms with E-state index in [0.29, 0.717) is 0 Å². The Morgan fingerprint density at radius 1 is 1.29 bits per heavy atom. The van der Waals surface area contributed by atoms with Crippen LogP contribution in [0.4, 0.5) is 5.69 Å². The van der Waals surface area contributed by atoms with E-state index in [9.17, 15) is 4.79 Å². The van der Waals surface area contributed by atoms with Crippen LogP contribution in [0.15, 0.2) is 41.0 Å². The van der Waals surface area contributed by atoms with Crippen LogP contribution >= 0.6 is 0 Å². The molecule has 0 aromatic heterocycles. The summed E-state index contributed by atoms with van der Waals surface area (Å²) in [6, 6.07) is 6.53. The van der Waals surface area contributed by atoms with E-state index < -0.39 is 5.97 Å². The molecule has 0 amide bonds. The molecule has 1 aromatic rings. The number of allylic oxidation sites excluding steroid dienone is 2. The van der Waals surface area contributed by atoms with Crippen molar-refractivity contribution in [3.8, 4) is 0 Å². The quantitative estimate of drug-likeness (QED) is 0.785. The predicted octanol–water partition coefficient (Wildman–Crippen LogP) is 2.89. The van der Waals surface area contributed by atoms with Crippen molar-refractivity contribution in [3.63, 3.8) is 0 Å². The lowest BCUT2D eigenvalue weighted by Crippen LogP contribution is -1.98. The number of nitrogens with zero attached hydrogens (tertiary/aromatic N) is 1. The molecule has 88 valence electrons. The molecular weight excluding hydrogens is 216 g/mol. The number of benzene rings is 1. The Morgan fingerprint density at radius 3 is 2.53 bits per heavy atom. The summed E-state index contributed by atoms with van der Waals surface area (Å²) in [6.07, 6.45) is 4.10. The van der Waals surface area contributed by atoms with E-state index in [1.54, 1.807) is 24.3 Å². The van der Waals surface area contributed by atoms with Crippen molar-refractivity contribution in [1.29, 1.82) is 0 Å². The first kappa shape index (κ1) is 11.4. The molecule has 1 aliphatic carbocycles. The monoisotopic (exact) mass is 230 g/mol. The Hall–Kier alpha value is -2.10. The predicted molar refractivity (Wildman–Crippen MR) is 67.5 cm³/mol. The summed E-state index contributed by atoms with van der Waals surface area (Å²) in [7, 11) is 0. The maximum atomic E-state index is 10.7. The zero-order valence-corrected chi connectivity index (χ0v) is 9.60. The van der Waals surface area contributed by atoms with Gasteiger partial charge in [0.25, 0.3) is 0 Å². The number of hydrazone groups is 1. The molecule has 1 aliphatic rings. The van der Waals surface area contributed by atoms with Gasteiger partial charge in [-0.2, -0.15) is 5.10 Å². The fourth-order valence-corrected chi connectivity index (χ4v) is 1.67. The Labute approximate surface area is 99.7 Å². The third-order valence-electron chi connectivity index (χ3n) is 2.65. The van der Waals surface area contributed by atoms with E-state index in [1.807, 2.05) is 0 Å². The van der Waals surface area contributed by atoms with Crippen LogP contribution in [0, 0.1) is 0 Å². The molecule has 0 spiro atoms. The minimum absolute atomic E-state index is 0.278. The summed E-state index contributed by atoms with van der Waals surface area (Å²) >= 11 is 0. The molecule has 0 radical (unpaired) electrons. The zero-order chi connectivity index (χ0) is 12.3. The Kier molecular flexibility index (Phi) is 3.23. The highest BCUT2D eigenvalue weighted by atomic mass is 16.4. The summed E-state index contributed by atoms with van der Waals surface area (Å²) in [5, 5.41) is 13.0. The summed E-state index contributed by atoms with van der Waals surface area (Å²) in [5.74, 6) is -0.919. The molecule has 0 fully saturated rings. The third-order valence-corrected chi connectivity index (χ3v) is 2.65. The Morgan fingerprint density at radius 2 is 2.00 bits per heavy atom. The Balaban J connectivity index is 2.02. The Bertz CT molecular complexity index is 487.